The quantitative estimate of drug-likeness (QED) is 0.577. The van der Waals surface area contributed by atoms with E-state index in [1.165, 1.54) is 25.0 Å². The smallest absolute Gasteiger partial charge is 0.0827 e. The minimum absolute atomic E-state index is 0.389. The van der Waals surface area contributed by atoms with Crippen LogP contribution in [0.25, 0.3) is 0 Å². The summed E-state index contributed by atoms with van der Waals surface area (Å²) >= 11 is 0. The Labute approximate surface area is 98.8 Å². The fraction of sp³-hybridized carbons (Fsp3) is 0.846. The van der Waals surface area contributed by atoms with Gasteiger partial charge in [0.2, 0.25) is 0 Å². The molecule has 3 heteroatoms. The Balaban J connectivity index is 1.65. The van der Waals surface area contributed by atoms with Gasteiger partial charge in [0.05, 0.1) is 12.7 Å². The van der Waals surface area contributed by atoms with E-state index in [4.69, 9.17) is 4.74 Å². The van der Waals surface area contributed by atoms with E-state index in [9.17, 15) is 0 Å². The molecule has 2 aliphatic heterocycles. The third-order valence-corrected chi connectivity index (χ3v) is 3.49. The van der Waals surface area contributed by atoms with Crippen molar-refractivity contribution in [1.82, 2.24) is 10.2 Å². The molecule has 16 heavy (non-hydrogen) atoms. The Morgan fingerprint density at radius 3 is 3.19 bits per heavy atom. The van der Waals surface area contributed by atoms with Crippen molar-refractivity contribution in [1.29, 1.82) is 0 Å². The molecule has 0 saturated carbocycles. The van der Waals surface area contributed by atoms with Crippen LogP contribution in [0.1, 0.15) is 26.7 Å². The molecule has 0 aromatic rings. The summed E-state index contributed by atoms with van der Waals surface area (Å²) in [5.74, 6) is 0. The number of allylic oxidation sites excluding steroid dienone is 1. The van der Waals surface area contributed by atoms with Crippen LogP contribution >= 0.6 is 0 Å². The van der Waals surface area contributed by atoms with Crippen molar-refractivity contribution in [3.05, 3.63) is 11.6 Å². The lowest BCUT2D eigenvalue weighted by Gasteiger charge is -2.35. The van der Waals surface area contributed by atoms with Crippen molar-refractivity contribution < 1.29 is 4.74 Å². The molecule has 92 valence electrons. The third kappa shape index (κ3) is 3.30. The molecule has 0 radical (unpaired) electrons. The molecule has 3 nitrogen and oxygen atoms in total. The number of fused-ring (bicyclic) bond motifs is 1. The summed E-state index contributed by atoms with van der Waals surface area (Å²) in [7, 11) is 0. The summed E-state index contributed by atoms with van der Waals surface area (Å²) in [4.78, 5) is 2.59. The molecule has 0 aromatic heterocycles. The van der Waals surface area contributed by atoms with Gasteiger partial charge in [0.1, 0.15) is 0 Å². The molecule has 0 aliphatic carbocycles. The summed E-state index contributed by atoms with van der Waals surface area (Å²) in [6.45, 7) is 9.54. The van der Waals surface area contributed by atoms with E-state index < -0.39 is 0 Å². The molecule has 2 atom stereocenters. The van der Waals surface area contributed by atoms with Crippen molar-refractivity contribution in [3.8, 4) is 0 Å². The average Bonchev–Trinajstić information content (AvgIpc) is 2.71. The number of nitrogens with zero attached hydrogens (tertiary/aromatic N) is 1. The SMILES string of the molecule is CC(C)=CCNCC1CN2CCCC2CO1. The van der Waals surface area contributed by atoms with E-state index in [1.54, 1.807) is 0 Å². The first kappa shape index (κ1) is 12.1. The Morgan fingerprint density at radius 1 is 1.50 bits per heavy atom. The van der Waals surface area contributed by atoms with Gasteiger partial charge in [0.25, 0.3) is 0 Å². The molecule has 2 unspecified atom stereocenters. The standard InChI is InChI=1S/C13H24N2O/c1-11(2)5-6-14-8-13-9-15-7-3-4-12(15)10-16-13/h5,12-14H,3-4,6-10H2,1-2H3. The molecule has 2 saturated heterocycles. The highest BCUT2D eigenvalue weighted by Gasteiger charge is 2.31. The van der Waals surface area contributed by atoms with Crippen molar-refractivity contribution in [2.45, 2.75) is 38.8 Å². The van der Waals surface area contributed by atoms with Crippen molar-refractivity contribution >= 4 is 0 Å². The molecule has 1 N–H and O–H groups in total. The van der Waals surface area contributed by atoms with Gasteiger partial charge >= 0.3 is 0 Å². The molecule has 2 fully saturated rings. The highest BCUT2D eigenvalue weighted by molar-refractivity contribution is 4.94. The monoisotopic (exact) mass is 224 g/mol. The van der Waals surface area contributed by atoms with Gasteiger partial charge in [-0.3, -0.25) is 4.90 Å². The van der Waals surface area contributed by atoms with E-state index in [0.29, 0.717) is 12.1 Å². The highest BCUT2D eigenvalue weighted by atomic mass is 16.5. The second-order valence-corrected chi connectivity index (χ2v) is 5.19. The van der Waals surface area contributed by atoms with Crippen LogP contribution in [0.2, 0.25) is 0 Å². The second-order valence-electron chi connectivity index (χ2n) is 5.19. The van der Waals surface area contributed by atoms with Gasteiger partial charge in [-0.2, -0.15) is 0 Å². The molecule has 0 spiro atoms. The van der Waals surface area contributed by atoms with Gasteiger partial charge in [0.15, 0.2) is 0 Å². The number of hydrogen-bond donors (Lipinski definition) is 1. The predicted molar refractivity (Wildman–Crippen MR) is 66.6 cm³/mol. The zero-order valence-corrected chi connectivity index (χ0v) is 10.5. The maximum Gasteiger partial charge on any atom is 0.0827 e. The van der Waals surface area contributed by atoms with Crippen LogP contribution in [0.15, 0.2) is 11.6 Å². The Hall–Kier alpha value is -0.380. The minimum Gasteiger partial charge on any atom is -0.374 e. The average molecular weight is 224 g/mol. The number of rotatable bonds is 4. The van der Waals surface area contributed by atoms with Crippen LogP contribution < -0.4 is 5.32 Å². The summed E-state index contributed by atoms with van der Waals surface area (Å²) in [5, 5.41) is 3.44. The lowest BCUT2D eigenvalue weighted by Crippen LogP contribution is -2.49. The third-order valence-electron chi connectivity index (χ3n) is 3.49. The van der Waals surface area contributed by atoms with Crippen LogP contribution in [-0.4, -0.2) is 49.8 Å². The van der Waals surface area contributed by atoms with Gasteiger partial charge < -0.3 is 10.1 Å². The molecular formula is C13H24N2O. The van der Waals surface area contributed by atoms with Gasteiger partial charge in [-0.25, -0.2) is 0 Å². The van der Waals surface area contributed by atoms with Crippen LogP contribution in [0.5, 0.6) is 0 Å². The topological polar surface area (TPSA) is 24.5 Å². The fourth-order valence-corrected chi connectivity index (χ4v) is 2.53. The lowest BCUT2D eigenvalue weighted by molar-refractivity contribution is -0.0465. The molecule has 2 rings (SSSR count). The normalized spacial score (nSPS) is 30.1. The number of nitrogens with one attached hydrogen (secondary N) is 1. The molecule has 0 aromatic carbocycles. The first-order valence-corrected chi connectivity index (χ1v) is 6.45. The highest BCUT2D eigenvalue weighted by Crippen LogP contribution is 2.22. The summed E-state index contributed by atoms with van der Waals surface area (Å²) in [5.41, 5.74) is 1.37. The van der Waals surface area contributed by atoms with Gasteiger partial charge in [-0.15, -0.1) is 0 Å². The number of ether oxygens (including phenoxy) is 1. The Morgan fingerprint density at radius 2 is 2.38 bits per heavy atom. The fourth-order valence-electron chi connectivity index (χ4n) is 2.53. The molecule has 2 heterocycles. The Kier molecular flexibility index (Phi) is 4.38. The maximum atomic E-state index is 5.87. The molecule has 0 bridgehead atoms. The van der Waals surface area contributed by atoms with Crippen molar-refractivity contribution in [3.63, 3.8) is 0 Å². The maximum absolute atomic E-state index is 5.87. The van der Waals surface area contributed by atoms with Gasteiger partial charge in [-0.1, -0.05) is 11.6 Å². The first-order valence-electron chi connectivity index (χ1n) is 6.45. The largest absolute Gasteiger partial charge is 0.374 e. The van der Waals surface area contributed by atoms with Crippen molar-refractivity contribution in [2.75, 3.05) is 32.8 Å². The first-order chi connectivity index (χ1) is 7.75. The zero-order valence-electron chi connectivity index (χ0n) is 10.5. The molecular weight excluding hydrogens is 200 g/mol. The van der Waals surface area contributed by atoms with Gasteiger partial charge in [-0.05, 0) is 33.2 Å². The Bertz CT molecular complexity index is 248. The lowest BCUT2D eigenvalue weighted by atomic mass is 10.2. The van der Waals surface area contributed by atoms with E-state index in [2.05, 4.69) is 30.1 Å². The molecule has 0 amide bonds. The van der Waals surface area contributed by atoms with Crippen LogP contribution in [0, 0.1) is 0 Å². The van der Waals surface area contributed by atoms with Crippen LogP contribution in [-0.2, 0) is 4.74 Å². The summed E-state index contributed by atoms with van der Waals surface area (Å²) in [6.07, 6.45) is 5.30. The number of morpholine rings is 1. The predicted octanol–water partition coefficient (Wildman–Crippen LogP) is 1.41. The van der Waals surface area contributed by atoms with Gasteiger partial charge in [0, 0.05) is 25.7 Å². The van der Waals surface area contributed by atoms with E-state index in [1.807, 2.05) is 0 Å². The van der Waals surface area contributed by atoms with E-state index >= 15 is 0 Å². The van der Waals surface area contributed by atoms with E-state index in [-0.39, 0.29) is 0 Å². The van der Waals surface area contributed by atoms with Crippen LogP contribution in [0.4, 0.5) is 0 Å². The summed E-state index contributed by atoms with van der Waals surface area (Å²) in [6, 6.07) is 0.717. The second kappa shape index (κ2) is 5.80. The summed E-state index contributed by atoms with van der Waals surface area (Å²) < 4.78 is 5.87. The van der Waals surface area contributed by atoms with E-state index in [0.717, 1.165) is 26.2 Å². The number of hydrogen-bond acceptors (Lipinski definition) is 3. The van der Waals surface area contributed by atoms with Crippen molar-refractivity contribution in [2.24, 2.45) is 0 Å². The van der Waals surface area contributed by atoms with Crippen LogP contribution in [0.3, 0.4) is 0 Å². The minimum atomic E-state index is 0.389. The molecule has 2 aliphatic rings. The zero-order chi connectivity index (χ0) is 11.4.